The van der Waals surface area contributed by atoms with Crippen molar-refractivity contribution in [2.24, 2.45) is 0 Å². The summed E-state index contributed by atoms with van der Waals surface area (Å²) in [6, 6.07) is 0. The molecule has 3 N–H and O–H groups in total. The van der Waals surface area contributed by atoms with Gasteiger partial charge in [-0.1, -0.05) is 43.8 Å². The first-order valence-electron chi connectivity index (χ1n) is 7.90. The predicted octanol–water partition coefficient (Wildman–Crippen LogP) is 2.80. The second kappa shape index (κ2) is 8.31. The highest BCUT2D eigenvalue weighted by molar-refractivity contribution is 8.26. The third-order valence-corrected chi connectivity index (χ3v) is 7.88. The molecule has 2 unspecified atom stereocenters. The Hall–Kier alpha value is -0.410. The lowest BCUT2D eigenvalue weighted by atomic mass is 9.98. The van der Waals surface area contributed by atoms with E-state index in [-0.39, 0.29) is 17.3 Å². The standard InChI is InChI=1S/C15H24N2O4S2.ClH/c1-4-6-15-14(3,16-7-9-17(15)8-5-2)22-13(23-15)10(11(18)19)12(20)21;/h16H,4-9H2,1-3H3,(H,18,19)(H,20,21);1H. The zero-order valence-corrected chi connectivity index (χ0v) is 16.6. The minimum atomic E-state index is -1.37. The zero-order valence-electron chi connectivity index (χ0n) is 14.1. The highest BCUT2D eigenvalue weighted by Crippen LogP contribution is 2.64. The molecule has 0 aromatic heterocycles. The van der Waals surface area contributed by atoms with Crippen molar-refractivity contribution in [2.75, 3.05) is 19.6 Å². The van der Waals surface area contributed by atoms with Crippen LogP contribution in [0.5, 0.6) is 0 Å². The SMILES string of the molecule is CCCN1CCNC2(C)SC(=C(C(=O)O)C(=O)O)SC12CCC.Cl. The van der Waals surface area contributed by atoms with Gasteiger partial charge in [0.05, 0.1) is 9.11 Å². The molecule has 2 heterocycles. The average Bonchev–Trinajstić information content (AvgIpc) is 2.72. The van der Waals surface area contributed by atoms with Crippen molar-refractivity contribution in [3.05, 3.63) is 9.81 Å². The Bertz CT molecular complexity index is 528. The fourth-order valence-corrected chi connectivity index (χ4v) is 7.41. The molecule has 6 nitrogen and oxygen atoms in total. The number of halogens is 1. The van der Waals surface area contributed by atoms with E-state index in [2.05, 4.69) is 31.0 Å². The minimum Gasteiger partial charge on any atom is -0.477 e. The van der Waals surface area contributed by atoms with E-state index in [1.54, 1.807) is 0 Å². The van der Waals surface area contributed by atoms with E-state index in [9.17, 15) is 19.8 Å². The van der Waals surface area contributed by atoms with E-state index in [1.165, 1.54) is 23.5 Å². The number of aliphatic carboxylic acids is 2. The summed E-state index contributed by atoms with van der Waals surface area (Å²) in [5.74, 6) is -2.74. The second-order valence-corrected chi connectivity index (χ2v) is 8.93. The molecule has 2 aliphatic rings. The molecule has 2 rings (SSSR count). The molecule has 0 aromatic carbocycles. The number of hydrogen-bond acceptors (Lipinski definition) is 6. The van der Waals surface area contributed by atoms with Gasteiger partial charge in [-0.2, -0.15) is 0 Å². The number of rotatable bonds is 6. The normalized spacial score (nSPS) is 29.7. The van der Waals surface area contributed by atoms with Gasteiger partial charge in [0.25, 0.3) is 0 Å². The lowest BCUT2D eigenvalue weighted by Gasteiger charge is -2.53. The van der Waals surface area contributed by atoms with Gasteiger partial charge < -0.3 is 10.2 Å². The number of hydrogen-bond donors (Lipinski definition) is 3. The highest BCUT2D eigenvalue weighted by Gasteiger charge is 2.60. The first kappa shape index (κ1) is 21.6. The molecule has 0 spiro atoms. The van der Waals surface area contributed by atoms with Crippen LogP contribution in [0.25, 0.3) is 0 Å². The summed E-state index contributed by atoms with van der Waals surface area (Å²) in [5.41, 5.74) is -0.510. The molecule has 2 atom stereocenters. The van der Waals surface area contributed by atoms with Crippen molar-refractivity contribution < 1.29 is 19.8 Å². The maximum absolute atomic E-state index is 11.4. The minimum absolute atomic E-state index is 0. The van der Waals surface area contributed by atoms with Crippen molar-refractivity contribution in [1.82, 2.24) is 10.2 Å². The lowest BCUT2D eigenvalue weighted by Crippen LogP contribution is -2.68. The van der Waals surface area contributed by atoms with Crippen LogP contribution in [-0.4, -0.2) is 56.4 Å². The van der Waals surface area contributed by atoms with Crippen LogP contribution in [0.1, 0.15) is 40.0 Å². The van der Waals surface area contributed by atoms with Gasteiger partial charge in [0.2, 0.25) is 0 Å². The van der Waals surface area contributed by atoms with E-state index in [0.29, 0.717) is 4.24 Å². The molecule has 2 fully saturated rings. The third kappa shape index (κ3) is 3.58. The fraction of sp³-hybridized carbons (Fsp3) is 0.733. The van der Waals surface area contributed by atoms with Crippen LogP contribution in [0.4, 0.5) is 0 Å². The summed E-state index contributed by atoms with van der Waals surface area (Å²) in [6.45, 7) is 8.93. The van der Waals surface area contributed by atoms with Crippen LogP contribution in [0.15, 0.2) is 9.81 Å². The Morgan fingerprint density at radius 2 is 1.83 bits per heavy atom. The van der Waals surface area contributed by atoms with Crippen molar-refractivity contribution in [3.63, 3.8) is 0 Å². The molecule has 2 saturated heterocycles. The zero-order chi connectivity index (χ0) is 17.3. The summed E-state index contributed by atoms with van der Waals surface area (Å²) in [6.07, 6.45) is 2.84. The van der Waals surface area contributed by atoms with E-state index < -0.39 is 22.4 Å². The smallest absolute Gasteiger partial charge is 0.344 e. The van der Waals surface area contributed by atoms with Crippen LogP contribution in [-0.2, 0) is 9.59 Å². The first-order valence-corrected chi connectivity index (χ1v) is 9.53. The molecule has 24 heavy (non-hydrogen) atoms. The Morgan fingerprint density at radius 3 is 2.33 bits per heavy atom. The third-order valence-electron chi connectivity index (χ3n) is 4.37. The quantitative estimate of drug-likeness (QED) is 0.358. The summed E-state index contributed by atoms with van der Waals surface area (Å²) < 4.78 is 0.399. The highest BCUT2D eigenvalue weighted by atomic mass is 35.5. The van der Waals surface area contributed by atoms with Gasteiger partial charge in [-0.3, -0.25) is 10.2 Å². The molecule has 2 aliphatic heterocycles. The summed E-state index contributed by atoms with van der Waals surface area (Å²) >= 11 is 2.78. The molecule has 0 amide bonds. The molecule has 0 aliphatic carbocycles. The van der Waals surface area contributed by atoms with Gasteiger partial charge in [0, 0.05) is 13.1 Å². The van der Waals surface area contributed by atoms with Crippen LogP contribution in [0, 0.1) is 0 Å². The van der Waals surface area contributed by atoms with Crippen LogP contribution in [0.2, 0.25) is 0 Å². The number of carbonyl (C=O) groups is 2. The average molecular weight is 397 g/mol. The van der Waals surface area contributed by atoms with Crippen molar-refractivity contribution in [3.8, 4) is 0 Å². The number of nitrogens with zero attached hydrogens (tertiary/aromatic N) is 1. The van der Waals surface area contributed by atoms with Crippen molar-refractivity contribution in [1.29, 1.82) is 0 Å². The largest absolute Gasteiger partial charge is 0.477 e. The molecule has 0 bridgehead atoms. The molecular formula is C15H25ClN2O4S2. The van der Waals surface area contributed by atoms with Crippen LogP contribution < -0.4 is 5.32 Å². The van der Waals surface area contributed by atoms with E-state index in [1.807, 2.05) is 0 Å². The second-order valence-electron chi connectivity index (χ2n) is 5.96. The Labute approximate surface area is 157 Å². The number of carboxylic acids is 2. The van der Waals surface area contributed by atoms with E-state index in [4.69, 9.17) is 0 Å². The van der Waals surface area contributed by atoms with Crippen LogP contribution >= 0.6 is 35.9 Å². The number of piperazine rings is 1. The number of carboxylic acid groups (broad SMARTS) is 2. The number of thioether (sulfide) groups is 2. The van der Waals surface area contributed by atoms with E-state index in [0.717, 1.165) is 38.9 Å². The number of nitrogens with one attached hydrogen (secondary N) is 1. The fourth-order valence-electron chi connectivity index (χ4n) is 3.40. The molecular weight excluding hydrogens is 372 g/mol. The van der Waals surface area contributed by atoms with Gasteiger partial charge in [0.1, 0.15) is 4.87 Å². The van der Waals surface area contributed by atoms with Gasteiger partial charge >= 0.3 is 11.9 Å². The van der Waals surface area contributed by atoms with Gasteiger partial charge in [-0.25, -0.2) is 9.59 Å². The van der Waals surface area contributed by atoms with Crippen molar-refractivity contribution in [2.45, 2.75) is 49.8 Å². The van der Waals surface area contributed by atoms with Crippen LogP contribution in [0.3, 0.4) is 0 Å². The molecule has 138 valence electrons. The monoisotopic (exact) mass is 396 g/mol. The van der Waals surface area contributed by atoms with Gasteiger partial charge in [-0.05, 0) is 26.3 Å². The molecule has 0 saturated carbocycles. The van der Waals surface area contributed by atoms with Gasteiger partial charge in [0.15, 0.2) is 5.57 Å². The van der Waals surface area contributed by atoms with Gasteiger partial charge in [-0.15, -0.1) is 12.4 Å². The summed E-state index contributed by atoms with van der Waals surface area (Å²) in [5, 5.41) is 22.1. The summed E-state index contributed by atoms with van der Waals surface area (Å²) in [7, 11) is 0. The Morgan fingerprint density at radius 1 is 1.21 bits per heavy atom. The predicted molar refractivity (Wildman–Crippen MR) is 101 cm³/mol. The first-order chi connectivity index (χ1) is 10.8. The van der Waals surface area contributed by atoms with Crippen molar-refractivity contribution >= 4 is 47.9 Å². The topological polar surface area (TPSA) is 89.9 Å². The molecule has 0 aromatic rings. The number of fused-ring (bicyclic) bond motifs is 1. The molecule has 9 heteroatoms. The van der Waals surface area contributed by atoms with E-state index >= 15 is 0 Å². The Balaban J connectivity index is 0.00000288. The lowest BCUT2D eigenvalue weighted by molar-refractivity contribution is -0.140. The maximum Gasteiger partial charge on any atom is 0.344 e. The Kier molecular flexibility index (Phi) is 7.49. The molecule has 0 radical (unpaired) electrons. The maximum atomic E-state index is 11.4. The summed E-state index contributed by atoms with van der Waals surface area (Å²) in [4.78, 5) is 24.5.